The summed E-state index contributed by atoms with van der Waals surface area (Å²) in [5.74, 6) is 1.02. The lowest BCUT2D eigenvalue weighted by molar-refractivity contribution is 0.0734. The highest BCUT2D eigenvalue weighted by atomic mass is 16.5. The summed E-state index contributed by atoms with van der Waals surface area (Å²) in [5.41, 5.74) is 9.79. The van der Waals surface area contributed by atoms with E-state index in [0.29, 0.717) is 34.3 Å². The van der Waals surface area contributed by atoms with E-state index in [4.69, 9.17) is 19.9 Å². The molecule has 4 rings (SSSR count). The van der Waals surface area contributed by atoms with Crippen LogP contribution in [-0.2, 0) is 0 Å². The minimum absolute atomic E-state index is 0.0437. The number of ether oxygens (including phenoxy) is 3. The molecule has 0 fully saturated rings. The van der Waals surface area contributed by atoms with E-state index < -0.39 is 5.97 Å². The van der Waals surface area contributed by atoms with Gasteiger partial charge in [-0.15, -0.1) is 0 Å². The molecule has 0 spiro atoms. The van der Waals surface area contributed by atoms with Crippen LogP contribution >= 0.6 is 0 Å². The first-order valence-corrected chi connectivity index (χ1v) is 11.6. The van der Waals surface area contributed by atoms with E-state index in [1.807, 2.05) is 32.0 Å². The minimum Gasteiger partial charge on any atom is -0.491 e. The molecule has 1 heterocycles. The monoisotopic (exact) mass is 468 g/mol. The molecule has 0 bridgehead atoms. The summed E-state index contributed by atoms with van der Waals surface area (Å²) >= 11 is 0. The molecular weight excluding hydrogens is 440 g/mol. The molecule has 0 saturated carbocycles. The minimum atomic E-state index is -0.501. The first kappa shape index (κ1) is 23.9. The number of hydrogen-bond acceptors (Lipinski definition) is 6. The smallest absolute Gasteiger partial charge is 0.343 e. The van der Waals surface area contributed by atoms with E-state index in [9.17, 15) is 10.1 Å². The molecule has 1 aliphatic rings. The average Bonchev–Trinajstić information content (AvgIpc) is 2.83. The number of carbonyl (C=O) groups excluding carboxylic acids is 1. The Labute approximate surface area is 205 Å². The van der Waals surface area contributed by atoms with Crippen LogP contribution in [-0.4, -0.2) is 12.1 Å². The van der Waals surface area contributed by atoms with Crippen LogP contribution in [0.5, 0.6) is 17.2 Å². The molecule has 178 valence electrons. The van der Waals surface area contributed by atoms with Crippen LogP contribution in [0.4, 0.5) is 0 Å². The van der Waals surface area contributed by atoms with Crippen molar-refractivity contribution >= 4 is 5.97 Å². The summed E-state index contributed by atoms with van der Waals surface area (Å²) in [6.07, 6.45) is 0.0447. The van der Waals surface area contributed by atoms with Crippen LogP contribution in [0.25, 0.3) is 0 Å². The molecule has 0 aromatic heterocycles. The number of esters is 1. The molecule has 6 heteroatoms. The predicted octanol–water partition coefficient (Wildman–Crippen LogP) is 6.03. The van der Waals surface area contributed by atoms with Gasteiger partial charge in [0.2, 0.25) is 5.88 Å². The van der Waals surface area contributed by atoms with Crippen LogP contribution in [0.3, 0.4) is 0 Å². The number of benzene rings is 3. The Balaban J connectivity index is 1.60. The van der Waals surface area contributed by atoms with Crippen molar-refractivity contribution in [1.29, 1.82) is 5.26 Å². The third-order valence-corrected chi connectivity index (χ3v) is 5.80. The van der Waals surface area contributed by atoms with Gasteiger partial charge >= 0.3 is 5.97 Å². The maximum absolute atomic E-state index is 12.7. The number of rotatable bonds is 6. The largest absolute Gasteiger partial charge is 0.491 e. The number of allylic oxidation sites excluding steroid dienone is 1. The lowest BCUT2D eigenvalue weighted by Gasteiger charge is -2.27. The Morgan fingerprint density at radius 1 is 0.971 bits per heavy atom. The Morgan fingerprint density at radius 2 is 1.63 bits per heavy atom. The molecule has 0 saturated heterocycles. The molecule has 3 aromatic rings. The van der Waals surface area contributed by atoms with Crippen LogP contribution in [0.15, 0.2) is 78.2 Å². The summed E-state index contributed by atoms with van der Waals surface area (Å²) in [6, 6.07) is 22.3. The topological polar surface area (TPSA) is 94.6 Å². The molecular formula is C29H28N2O4. The quantitative estimate of drug-likeness (QED) is 0.350. The summed E-state index contributed by atoms with van der Waals surface area (Å²) in [5, 5.41) is 9.78. The maximum Gasteiger partial charge on any atom is 0.343 e. The van der Waals surface area contributed by atoms with Gasteiger partial charge in [0.1, 0.15) is 28.9 Å². The normalized spacial score (nSPS) is 14.8. The van der Waals surface area contributed by atoms with Gasteiger partial charge in [-0.3, -0.25) is 0 Å². The molecule has 3 aromatic carbocycles. The van der Waals surface area contributed by atoms with Crippen molar-refractivity contribution in [2.75, 3.05) is 0 Å². The maximum atomic E-state index is 12.7. The van der Waals surface area contributed by atoms with Gasteiger partial charge in [0.15, 0.2) is 0 Å². The highest BCUT2D eigenvalue weighted by molar-refractivity contribution is 5.91. The van der Waals surface area contributed by atoms with E-state index in [2.05, 4.69) is 32.0 Å². The molecule has 35 heavy (non-hydrogen) atoms. The van der Waals surface area contributed by atoms with Gasteiger partial charge in [-0.05, 0) is 61.2 Å². The number of carbonyl (C=O) groups is 1. The molecule has 6 nitrogen and oxygen atoms in total. The molecule has 1 unspecified atom stereocenters. The summed E-state index contributed by atoms with van der Waals surface area (Å²) in [4.78, 5) is 12.7. The highest BCUT2D eigenvalue weighted by Gasteiger charge is 2.31. The second kappa shape index (κ2) is 9.94. The van der Waals surface area contributed by atoms with Crippen LogP contribution in [0, 0.1) is 11.3 Å². The van der Waals surface area contributed by atoms with E-state index in [-0.39, 0.29) is 17.9 Å². The van der Waals surface area contributed by atoms with Crippen molar-refractivity contribution in [1.82, 2.24) is 0 Å². The average molecular weight is 469 g/mol. The zero-order valence-electron chi connectivity index (χ0n) is 20.2. The first-order chi connectivity index (χ1) is 16.8. The van der Waals surface area contributed by atoms with Gasteiger partial charge in [0, 0.05) is 11.6 Å². The highest BCUT2D eigenvalue weighted by Crippen LogP contribution is 2.43. The van der Waals surface area contributed by atoms with Crippen LogP contribution in [0.1, 0.15) is 66.6 Å². The fourth-order valence-electron chi connectivity index (χ4n) is 4.02. The summed E-state index contributed by atoms with van der Waals surface area (Å²) < 4.78 is 16.9. The standard InChI is InChI=1S/C29H28N2O4/c1-17(2)19-5-7-20(8-6-19)27-24-14-13-23(15-26(24)35-28(31)25(27)16-30)34-29(32)21-9-11-22(12-10-21)33-18(3)4/h5-15,17-18,27H,31H2,1-4H3. The van der Waals surface area contributed by atoms with Crippen molar-refractivity contribution < 1.29 is 19.0 Å². The van der Waals surface area contributed by atoms with Gasteiger partial charge in [-0.25, -0.2) is 4.79 Å². The van der Waals surface area contributed by atoms with Gasteiger partial charge in [-0.1, -0.05) is 44.2 Å². The first-order valence-electron chi connectivity index (χ1n) is 11.6. The number of fused-ring (bicyclic) bond motifs is 1. The van der Waals surface area contributed by atoms with Crippen molar-refractivity contribution in [3.63, 3.8) is 0 Å². The molecule has 1 aliphatic heterocycles. The Morgan fingerprint density at radius 3 is 2.23 bits per heavy atom. The van der Waals surface area contributed by atoms with Crippen molar-refractivity contribution in [2.45, 2.75) is 45.6 Å². The molecule has 1 atom stereocenters. The third-order valence-electron chi connectivity index (χ3n) is 5.80. The van der Waals surface area contributed by atoms with Gasteiger partial charge in [0.25, 0.3) is 0 Å². The van der Waals surface area contributed by atoms with Gasteiger partial charge in [-0.2, -0.15) is 5.26 Å². The van der Waals surface area contributed by atoms with E-state index in [1.54, 1.807) is 36.4 Å². The predicted molar refractivity (Wildman–Crippen MR) is 133 cm³/mol. The SMILES string of the molecule is CC(C)Oc1ccc(C(=O)Oc2ccc3c(c2)OC(N)=C(C#N)C3c2ccc(C(C)C)cc2)cc1. The summed E-state index contributed by atoms with van der Waals surface area (Å²) in [7, 11) is 0. The second-order valence-corrected chi connectivity index (χ2v) is 9.03. The number of nitriles is 1. The fraction of sp³-hybridized carbons (Fsp3) is 0.241. The van der Waals surface area contributed by atoms with Crippen LogP contribution < -0.4 is 19.9 Å². The zero-order chi connectivity index (χ0) is 25.1. The zero-order valence-corrected chi connectivity index (χ0v) is 20.2. The van der Waals surface area contributed by atoms with Crippen molar-refractivity contribution in [3.05, 3.63) is 100 Å². The third kappa shape index (κ3) is 5.15. The lowest BCUT2D eigenvalue weighted by atomic mass is 9.83. The van der Waals surface area contributed by atoms with E-state index >= 15 is 0 Å². The van der Waals surface area contributed by atoms with Gasteiger partial charge in [0.05, 0.1) is 17.6 Å². The lowest BCUT2D eigenvalue weighted by Crippen LogP contribution is -2.21. The van der Waals surface area contributed by atoms with Crippen molar-refractivity contribution in [2.24, 2.45) is 5.73 Å². The molecule has 0 aliphatic carbocycles. The Hall–Kier alpha value is -4.24. The molecule has 0 radical (unpaired) electrons. The Kier molecular flexibility index (Phi) is 6.79. The number of hydrogen-bond donors (Lipinski definition) is 1. The van der Waals surface area contributed by atoms with Crippen molar-refractivity contribution in [3.8, 4) is 23.3 Å². The number of nitrogens with two attached hydrogens (primary N) is 1. The summed E-state index contributed by atoms with van der Waals surface area (Å²) in [6.45, 7) is 8.14. The van der Waals surface area contributed by atoms with Crippen LogP contribution in [0.2, 0.25) is 0 Å². The Bertz CT molecular complexity index is 1300. The number of nitrogens with zero attached hydrogens (tertiary/aromatic N) is 1. The van der Waals surface area contributed by atoms with Gasteiger partial charge < -0.3 is 19.9 Å². The van der Waals surface area contributed by atoms with E-state index in [1.165, 1.54) is 5.56 Å². The molecule has 2 N–H and O–H groups in total. The molecule has 0 amide bonds. The van der Waals surface area contributed by atoms with E-state index in [0.717, 1.165) is 11.1 Å². The second-order valence-electron chi connectivity index (χ2n) is 9.03. The fourth-order valence-corrected chi connectivity index (χ4v) is 4.02.